The number of hydrogen-bond acceptors (Lipinski definition) is 5. The zero-order chi connectivity index (χ0) is 13.8. The van der Waals surface area contributed by atoms with E-state index < -0.39 is 0 Å². The molecule has 3 aromatic rings. The minimum Gasteiger partial charge on any atom is -0.484 e. The number of benzene rings is 2. The first-order chi connectivity index (χ1) is 9.83. The number of para-hydroxylation sites is 2. The molecule has 0 bridgehead atoms. The van der Waals surface area contributed by atoms with Crippen molar-refractivity contribution in [3.8, 4) is 17.2 Å². The van der Waals surface area contributed by atoms with Crippen LogP contribution in [-0.4, -0.2) is 10.2 Å². The van der Waals surface area contributed by atoms with E-state index in [-0.39, 0.29) is 6.61 Å². The summed E-state index contributed by atoms with van der Waals surface area (Å²) in [6.07, 6.45) is 0. The Hall–Kier alpha value is -2.82. The fourth-order valence-corrected chi connectivity index (χ4v) is 1.77. The summed E-state index contributed by atoms with van der Waals surface area (Å²) in [5, 5.41) is 7.93. The molecule has 20 heavy (non-hydrogen) atoms. The number of rotatable bonds is 4. The van der Waals surface area contributed by atoms with Gasteiger partial charge < -0.3 is 14.9 Å². The Morgan fingerprint density at radius 2 is 1.70 bits per heavy atom. The van der Waals surface area contributed by atoms with Crippen molar-refractivity contribution >= 4 is 5.69 Å². The molecule has 1 aromatic heterocycles. The molecule has 0 unspecified atom stereocenters. The molecular weight excluding hydrogens is 254 g/mol. The maximum atomic E-state index is 5.87. The maximum absolute atomic E-state index is 5.87. The van der Waals surface area contributed by atoms with Crippen LogP contribution in [0.15, 0.2) is 59.0 Å². The molecule has 2 N–H and O–H groups in total. The predicted molar refractivity (Wildman–Crippen MR) is 74.9 cm³/mol. The lowest BCUT2D eigenvalue weighted by Crippen LogP contribution is -1.95. The van der Waals surface area contributed by atoms with E-state index >= 15 is 0 Å². The van der Waals surface area contributed by atoms with Crippen LogP contribution in [0.2, 0.25) is 0 Å². The van der Waals surface area contributed by atoms with Gasteiger partial charge in [-0.2, -0.15) is 0 Å². The van der Waals surface area contributed by atoms with Crippen LogP contribution < -0.4 is 10.5 Å². The molecule has 0 fully saturated rings. The van der Waals surface area contributed by atoms with Gasteiger partial charge in [0, 0.05) is 5.69 Å². The van der Waals surface area contributed by atoms with Gasteiger partial charge in [-0.05, 0) is 24.3 Å². The number of hydrogen-bond donors (Lipinski definition) is 1. The van der Waals surface area contributed by atoms with E-state index in [4.69, 9.17) is 14.9 Å². The molecule has 0 saturated carbocycles. The molecule has 0 atom stereocenters. The first kappa shape index (κ1) is 12.2. The van der Waals surface area contributed by atoms with Crippen LogP contribution in [0.4, 0.5) is 5.69 Å². The lowest BCUT2D eigenvalue weighted by molar-refractivity contribution is 0.264. The average Bonchev–Trinajstić information content (AvgIpc) is 2.95. The topological polar surface area (TPSA) is 74.2 Å². The summed E-state index contributed by atoms with van der Waals surface area (Å²) in [5.41, 5.74) is 7.20. The average molecular weight is 267 g/mol. The highest BCUT2D eigenvalue weighted by molar-refractivity contribution is 5.69. The highest BCUT2D eigenvalue weighted by Gasteiger charge is 2.11. The van der Waals surface area contributed by atoms with Crippen molar-refractivity contribution in [3.63, 3.8) is 0 Å². The second-order valence-electron chi connectivity index (χ2n) is 4.19. The van der Waals surface area contributed by atoms with Gasteiger partial charge in [-0.1, -0.05) is 30.3 Å². The second kappa shape index (κ2) is 5.44. The Labute approximate surface area is 116 Å². The van der Waals surface area contributed by atoms with Crippen molar-refractivity contribution < 1.29 is 9.15 Å². The Morgan fingerprint density at radius 1 is 0.950 bits per heavy atom. The number of nitrogen functional groups attached to an aromatic ring is 1. The summed E-state index contributed by atoms with van der Waals surface area (Å²) >= 11 is 0. The number of ether oxygens (including phenoxy) is 1. The first-order valence-corrected chi connectivity index (χ1v) is 6.18. The van der Waals surface area contributed by atoms with Crippen LogP contribution in [0, 0.1) is 0 Å². The van der Waals surface area contributed by atoms with Gasteiger partial charge in [0.25, 0.3) is 5.89 Å². The summed E-state index contributed by atoms with van der Waals surface area (Å²) in [5.74, 6) is 1.56. The Bertz CT molecular complexity index is 695. The lowest BCUT2D eigenvalue weighted by atomic mass is 10.2. The number of anilines is 1. The number of aromatic nitrogens is 2. The van der Waals surface area contributed by atoms with Crippen molar-refractivity contribution in [2.45, 2.75) is 6.61 Å². The molecular formula is C15H13N3O2. The maximum Gasteiger partial charge on any atom is 0.254 e. The van der Waals surface area contributed by atoms with Crippen molar-refractivity contribution in [1.29, 1.82) is 0 Å². The van der Waals surface area contributed by atoms with Gasteiger partial charge in [-0.25, -0.2) is 0 Å². The molecule has 5 nitrogen and oxygen atoms in total. The van der Waals surface area contributed by atoms with Crippen LogP contribution in [-0.2, 0) is 6.61 Å². The van der Waals surface area contributed by atoms with E-state index in [0.717, 1.165) is 11.3 Å². The van der Waals surface area contributed by atoms with Crippen LogP contribution in [0.1, 0.15) is 5.89 Å². The van der Waals surface area contributed by atoms with E-state index in [1.54, 1.807) is 6.07 Å². The Kier molecular flexibility index (Phi) is 3.33. The number of nitrogens with zero attached hydrogens (tertiary/aromatic N) is 2. The summed E-state index contributed by atoms with van der Waals surface area (Å²) < 4.78 is 11.1. The lowest BCUT2D eigenvalue weighted by Gasteiger charge is -2.02. The zero-order valence-corrected chi connectivity index (χ0v) is 10.7. The minimum absolute atomic E-state index is 0.226. The fourth-order valence-electron chi connectivity index (χ4n) is 1.77. The Morgan fingerprint density at radius 3 is 2.50 bits per heavy atom. The molecule has 0 aliphatic rings. The third-order valence-corrected chi connectivity index (χ3v) is 2.76. The molecule has 1 heterocycles. The summed E-state index contributed by atoms with van der Waals surface area (Å²) in [6, 6.07) is 16.8. The fraction of sp³-hybridized carbons (Fsp3) is 0.0667. The summed E-state index contributed by atoms with van der Waals surface area (Å²) in [6.45, 7) is 0.226. The van der Waals surface area contributed by atoms with Gasteiger partial charge in [-0.3, -0.25) is 0 Å². The SMILES string of the molecule is Nc1ccccc1-c1nnc(COc2ccccc2)o1. The standard InChI is InChI=1S/C15H13N3O2/c16-13-9-5-4-8-12(13)15-18-17-14(20-15)10-19-11-6-2-1-3-7-11/h1-9H,10,16H2. The molecule has 0 aliphatic carbocycles. The van der Waals surface area contributed by atoms with Gasteiger partial charge in [0.15, 0.2) is 6.61 Å². The molecule has 0 aliphatic heterocycles. The zero-order valence-electron chi connectivity index (χ0n) is 10.7. The monoisotopic (exact) mass is 267 g/mol. The van der Waals surface area contributed by atoms with Gasteiger partial charge in [0.1, 0.15) is 5.75 Å². The summed E-state index contributed by atoms with van der Waals surface area (Å²) in [4.78, 5) is 0. The second-order valence-corrected chi connectivity index (χ2v) is 4.19. The molecule has 0 amide bonds. The van der Waals surface area contributed by atoms with E-state index in [2.05, 4.69) is 10.2 Å². The van der Waals surface area contributed by atoms with Crippen molar-refractivity contribution in [2.24, 2.45) is 0 Å². The molecule has 2 aromatic carbocycles. The third kappa shape index (κ3) is 2.61. The molecule has 0 saturated heterocycles. The van der Waals surface area contributed by atoms with E-state index in [9.17, 15) is 0 Å². The van der Waals surface area contributed by atoms with Crippen LogP contribution >= 0.6 is 0 Å². The normalized spacial score (nSPS) is 10.4. The molecule has 0 spiro atoms. The van der Waals surface area contributed by atoms with Crippen LogP contribution in [0.25, 0.3) is 11.5 Å². The van der Waals surface area contributed by atoms with Crippen molar-refractivity contribution in [2.75, 3.05) is 5.73 Å². The highest BCUT2D eigenvalue weighted by atomic mass is 16.5. The smallest absolute Gasteiger partial charge is 0.254 e. The van der Waals surface area contributed by atoms with E-state index in [1.165, 1.54) is 0 Å². The molecule has 0 radical (unpaired) electrons. The van der Waals surface area contributed by atoms with Gasteiger partial charge in [0.05, 0.1) is 5.56 Å². The molecule has 3 rings (SSSR count). The van der Waals surface area contributed by atoms with Gasteiger partial charge in [-0.15, -0.1) is 10.2 Å². The van der Waals surface area contributed by atoms with Crippen LogP contribution in [0.5, 0.6) is 5.75 Å². The van der Waals surface area contributed by atoms with Crippen molar-refractivity contribution in [3.05, 3.63) is 60.5 Å². The highest BCUT2D eigenvalue weighted by Crippen LogP contribution is 2.24. The Balaban J connectivity index is 1.73. The predicted octanol–water partition coefficient (Wildman–Crippen LogP) is 2.90. The van der Waals surface area contributed by atoms with E-state index in [0.29, 0.717) is 17.5 Å². The quantitative estimate of drug-likeness (QED) is 0.736. The minimum atomic E-state index is 0.226. The third-order valence-electron chi connectivity index (χ3n) is 2.76. The summed E-state index contributed by atoms with van der Waals surface area (Å²) in [7, 11) is 0. The van der Waals surface area contributed by atoms with Crippen molar-refractivity contribution in [1.82, 2.24) is 10.2 Å². The molecule has 100 valence electrons. The first-order valence-electron chi connectivity index (χ1n) is 6.18. The van der Waals surface area contributed by atoms with E-state index in [1.807, 2.05) is 48.5 Å². The largest absolute Gasteiger partial charge is 0.484 e. The molecule has 5 heteroatoms. The number of nitrogens with two attached hydrogens (primary N) is 1. The van der Waals surface area contributed by atoms with Gasteiger partial charge in [0.2, 0.25) is 5.89 Å². The van der Waals surface area contributed by atoms with Gasteiger partial charge >= 0.3 is 0 Å². The van der Waals surface area contributed by atoms with Crippen LogP contribution in [0.3, 0.4) is 0 Å².